The van der Waals surface area contributed by atoms with Gasteiger partial charge in [0.2, 0.25) is 0 Å². The summed E-state index contributed by atoms with van der Waals surface area (Å²) in [5.74, 6) is -0.0319. The highest BCUT2D eigenvalue weighted by Crippen LogP contribution is 2.17. The number of phenols is 1. The Morgan fingerprint density at radius 1 is 1.22 bits per heavy atom. The summed E-state index contributed by atoms with van der Waals surface area (Å²) in [6.07, 6.45) is 1.85. The molecule has 1 aromatic carbocycles. The van der Waals surface area contributed by atoms with E-state index in [1.165, 1.54) is 6.07 Å². The van der Waals surface area contributed by atoms with Gasteiger partial charge in [0.15, 0.2) is 0 Å². The Morgan fingerprint density at radius 3 is 2.39 bits per heavy atom. The maximum atomic E-state index is 12.1. The van der Waals surface area contributed by atoms with Gasteiger partial charge < -0.3 is 10.4 Å². The Morgan fingerprint density at radius 2 is 1.89 bits per heavy atom. The van der Waals surface area contributed by atoms with E-state index in [9.17, 15) is 9.90 Å². The molecule has 3 heteroatoms. The lowest BCUT2D eigenvalue weighted by Gasteiger charge is -2.08. The quantitative estimate of drug-likeness (QED) is 0.631. The van der Waals surface area contributed by atoms with Gasteiger partial charge in [-0.2, -0.15) is 0 Å². The highest BCUT2D eigenvalue weighted by atomic mass is 16.3. The average molecular weight is 245 g/mol. The molecule has 0 aliphatic heterocycles. The van der Waals surface area contributed by atoms with Gasteiger partial charge in [0.05, 0.1) is 0 Å². The Hall–Kier alpha value is -2.03. The zero-order valence-corrected chi connectivity index (χ0v) is 11.2. The Balaban J connectivity index is 2.94. The van der Waals surface area contributed by atoms with E-state index in [1.807, 2.05) is 33.8 Å². The molecular weight excluding hydrogens is 226 g/mol. The molecule has 0 saturated carbocycles. The second-order valence-electron chi connectivity index (χ2n) is 4.64. The van der Waals surface area contributed by atoms with E-state index in [2.05, 4.69) is 5.32 Å². The van der Waals surface area contributed by atoms with Crippen molar-refractivity contribution in [1.29, 1.82) is 0 Å². The van der Waals surface area contributed by atoms with E-state index >= 15 is 0 Å². The third-order valence-electron chi connectivity index (χ3n) is 2.32. The number of aromatic hydroxyl groups is 1. The largest absolute Gasteiger partial charge is 0.508 e. The summed E-state index contributed by atoms with van der Waals surface area (Å²) >= 11 is 0. The maximum Gasteiger partial charge on any atom is 0.255 e. The van der Waals surface area contributed by atoms with Crippen LogP contribution < -0.4 is 5.32 Å². The number of carbonyl (C=O) groups is 1. The monoisotopic (exact) mass is 245 g/mol. The third-order valence-corrected chi connectivity index (χ3v) is 2.32. The molecule has 0 radical (unpaired) electrons. The SMILES string of the molecule is CC(C)=CC(C(=O)Nc1cccc(O)c1)=C(C)C. The zero-order valence-electron chi connectivity index (χ0n) is 11.2. The van der Waals surface area contributed by atoms with Crippen LogP contribution in [0.4, 0.5) is 5.69 Å². The second-order valence-corrected chi connectivity index (χ2v) is 4.64. The molecule has 0 aliphatic carbocycles. The van der Waals surface area contributed by atoms with Crippen molar-refractivity contribution >= 4 is 11.6 Å². The predicted molar refractivity (Wildman–Crippen MR) is 74.5 cm³/mol. The van der Waals surface area contributed by atoms with E-state index in [1.54, 1.807) is 18.2 Å². The predicted octanol–water partition coefficient (Wildman–Crippen LogP) is 3.63. The molecule has 0 aromatic heterocycles. The van der Waals surface area contributed by atoms with Gasteiger partial charge in [-0.15, -0.1) is 0 Å². The van der Waals surface area contributed by atoms with Crippen molar-refractivity contribution in [3.8, 4) is 5.75 Å². The van der Waals surface area contributed by atoms with Crippen LogP contribution in [-0.2, 0) is 4.79 Å². The number of rotatable bonds is 3. The molecule has 0 fully saturated rings. The van der Waals surface area contributed by atoms with Crippen LogP contribution in [0.5, 0.6) is 5.75 Å². The Labute approximate surface area is 108 Å². The second kappa shape index (κ2) is 6.05. The molecule has 3 nitrogen and oxygen atoms in total. The summed E-state index contributed by atoms with van der Waals surface area (Å²) in [5, 5.41) is 12.1. The molecule has 0 spiro atoms. The van der Waals surface area contributed by atoms with Gasteiger partial charge >= 0.3 is 0 Å². The van der Waals surface area contributed by atoms with Crippen molar-refractivity contribution in [3.05, 3.63) is 47.1 Å². The van der Waals surface area contributed by atoms with Crippen LogP contribution in [0.2, 0.25) is 0 Å². The standard InChI is InChI=1S/C15H19NO2/c1-10(2)8-14(11(3)4)15(18)16-12-6-5-7-13(17)9-12/h5-9,17H,1-4H3,(H,16,18). The van der Waals surface area contributed by atoms with Crippen LogP contribution in [0.15, 0.2) is 47.1 Å². The number of anilines is 1. The number of allylic oxidation sites excluding steroid dienone is 2. The number of nitrogens with one attached hydrogen (secondary N) is 1. The first-order valence-corrected chi connectivity index (χ1v) is 5.83. The summed E-state index contributed by atoms with van der Waals surface area (Å²) in [4.78, 5) is 12.1. The topological polar surface area (TPSA) is 49.3 Å². The van der Waals surface area contributed by atoms with Crippen molar-refractivity contribution in [2.24, 2.45) is 0 Å². The fraction of sp³-hybridized carbons (Fsp3) is 0.267. The highest BCUT2D eigenvalue weighted by Gasteiger charge is 2.09. The van der Waals surface area contributed by atoms with Crippen molar-refractivity contribution in [2.45, 2.75) is 27.7 Å². The van der Waals surface area contributed by atoms with Crippen molar-refractivity contribution in [3.63, 3.8) is 0 Å². The molecule has 0 saturated heterocycles. The number of phenolic OH excluding ortho intramolecular Hbond substituents is 1. The summed E-state index contributed by atoms with van der Waals surface area (Å²) in [6, 6.07) is 6.51. The molecule has 2 N–H and O–H groups in total. The summed E-state index contributed by atoms with van der Waals surface area (Å²) < 4.78 is 0. The molecule has 1 amide bonds. The lowest BCUT2D eigenvalue weighted by Crippen LogP contribution is -2.14. The first-order valence-electron chi connectivity index (χ1n) is 5.83. The molecule has 0 unspecified atom stereocenters. The van der Waals surface area contributed by atoms with E-state index in [0.717, 1.165) is 11.1 Å². The smallest absolute Gasteiger partial charge is 0.255 e. The minimum atomic E-state index is -0.165. The third kappa shape index (κ3) is 4.09. The highest BCUT2D eigenvalue weighted by molar-refractivity contribution is 6.06. The summed E-state index contributed by atoms with van der Waals surface area (Å²) in [7, 11) is 0. The number of benzene rings is 1. The number of amides is 1. The van der Waals surface area contributed by atoms with E-state index in [0.29, 0.717) is 11.3 Å². The van der Waals surface area contributed by atoms with Gasteiger partial charge in [-0.05, 0) is 39.8 Å². The first kappa shape index (κ1) is 14.0. The molecule has 18 heavy (non-hydrogen) atoms. The van der Waals surface area contributed by atoms with Crippen LogP contribution in [0, 0.1) is 0 Å². The van der Waals surface area contributed by atoms with Crippen LogP contribution in [0.1, 0.15) is 27.7 Å². The van der Waals surface area contributed by atoms with Crippen molar-refractivity contribution < 1.29 is 9.90 Å². The molecule has 0 heterocycles. The normalized spacial score (nSPS) is 9.56. The maximum absolute atomic E-state index is 12.1. The Kier molecular flexibility index (Phi) is 4.72. The van der Waals surface area contributed by atoms with Gasteiger partial charge in [-0.3, -0.25) is 4.79 Å². The molecule has 96 valence electrons. The van der Waals surface area contributed by atoms with Gasteiger partial charge in [0, 0.05) is 17.3 Å². The molecule has 0 atom stereocenters. The number of hydrogen-bond acceptors (Lipinski definition) is 2. The summed E-state index contributed by atoms with van der Waals surface area (Å²) in [6.45, 7) is 7.70. The molecule has 0 bridgehead atoms. The van der Waals surface area contributed by atoms with Crippen LogP contribution >= 0.6 is 0 Å². The minimum Gasteiger partial charge on any atom is -0.508 e. The summed E-state index contributed by atoms with van der Waals surface area (Å²) in [5.41, 5.74) is 3.25. The van der Waals surface area contributed by atoms with E-state index in [-0.39, 0.29) is 11.7 Å². The van der Waals surface area contributed by atoms with Crippen LogP contribution in [0.3, 0.4) is 0 Å². The number of hydrogen-bond donors (Lipinski definition) is 2. The first-order chi connectivity index (χ1) is 8.40. The lowest BCUT2D eigenvalue weighted by atomic mass is 10.1. The van der Waals surface area contributed by atoms with E-state index in [4.69, 9.17) is 0 Å². The van der Waals surface area contributed by atoms with Crippen LogP contribution in [0.25, 0.3) is 0 Å². The van der Waals surface area contributed by atoms with Crippen molar-refractivity contribution in [2.75, 3.05) is 5.32 Å². The molecule has 1 rings (SSSR count). The van der Waals surface area contributed by atoms with Crippen molar-refractivity contribution in [1.82, 2.24) is 0 Å². The zero-order chi connectivity index (χ0) is 13.7. The van der Waals surface area contributed by atoms with Gasteiger partial charge in [-0.25, -0.2) is 0 Å². The van der Waals surface area contributed by atoms with Gasteiger partial charge in [0.1, 0.15) is 5.75 Å². The number of carbonyl (C=O) groups excluding carboxylic acids is 1. The molecular formula is C15H19NO2. The molecule has 1 aromatic rings. The fourth-order valence-corrected chi connectivity index (χ4v) is 1.51. The average Bonchev–Trinajstić information content (AvgIpc) is 2.25. The minimum absolute atomic E-state index is 0.133. The van der Waals surface area contributed by atoms with E-state index < -0.39 is 0 Å². The Bertz CT molecular complexity index is 505. The van der Waals surface area contributed by atoms with Crippen LogP contribution in [-0.4, -0.2) is 11.0 Å². The fourth-order valence-electron chi connectivity index (χ4n) is 1.51. The van der Waals surface area contributed by atoms with Gasteiger partial charge in [0.25, 0.3) is 5.91 Å². The lowest BCUT2D eigenvalue weighted by molar-refractivity contribution is -0.112. The molecule has 0 aliphatic rings. The van der Waals surface area contributed by atoms with Gasteiger partial charge in [-0.1, -0.05) is 23.3 Å².